The molecule has 2 heterocycles. The van der Waals surface area contributed by atoms with Gasteiger partial charge in [0.25, 0.3) is 5.56 Å². The number of aromatic nitrogens is 4. The maximum absolute atomic E-state index is 12.4. The third kappa shape index (κ3) is 2.82. The Bertz CT molecular complexity index is 1220. The third-order valence-corrected chi connectivity index (χ3v) is 4.23. The minimum atomic E-state index is -0.592. The summed E-state index contributed by atoms with van der Waals surface area (Å²) in [5, 5.41) is 0.268. The quantitative estimate of drug-likeness (QED) is 0.585. The Morgan fingerprint density at radius 3 is 1.92 bits per heavy atom. The van der Waals surface area contributed by atoms with E-state index in [0.717, 1.165) is 22.3 Å². The second kappa shape index (κ2) is 6.07. The van der Waals surface area contributed by atoms with Gasteiger partial charge < -0.3 is 0 Å². The van der Waals surface area contributed by atoms with Gasteiger partial charge in [-0.2, -0.15) is 0 Å². The average Bonchev–Trinajstić information content (AvgIpc) is 2.61. The van der Waals surface area contributed by atoms with Gasteiger partial charge in [-0.1, -0.05) is 59.7 Å². The molecule has 2 aromatic heterocycles. The molecule has 4 rings (SSSR count). The maximum Gasteiger partial charge on any atom is 0.327 e. The van der Waals surface area contributed by atoms with E-state index in [4.69, 9.17) is 0 Å². The highest BCUT2D eigenvalue weighted by atomic mass is 16.2. The fraction of sp³-hybridized carbons (Fsp3) is 0.100. The number of hydrogen-bond donors (Lipinski definition) is 2. The van der Waals surface area contributed by atoms with Crippen molar-refractivity contribution in [3.8, 4) is 22.6 Å². The Morgan fingerprint density at radius 2 is 1.31 bits per heavy atom. The van der Waals surface area contributed by atoms with Gasteiger partial charge in [-0.15, -0.1) is 0 Å². The monoisotopic (exact) mass is 344 g/mol. The van der Waals surface area contributed by atoms with Crippen molar-refractivity contribution in [3.05, 3.63) is 80.5 Å². The van der Waals surface area contributed by atoms with E-state index >= 15 is 0 Å². The van der Waals surface area contributed by atoms with Crippen LogP contribution in [0, 0.1) is 13.8 Å². The van der Waals surface area contributed by atoms with Crippen LogP contribution in [0.15, 0.2) is 58.1 Å². The molecule has 0 bridgehead atoms. The lowest BCUT2D eigenvalue weighted by atomic mass is 10.1. The highest BCUT2D eigenvalue weighted by molar-refractivity contribution is 5.90. The van der Waals surface area contributed by atoms with Gasteiger partial charge in [0.1, 0.15) is 5.39 Å². The number of fused-ring (bicyclic) bond motifs is 1. The predicted molar refractivity (Wildman–Crippen MR) is 101 cm³/mol. The predicted octanol–water partition coefficient (Wildman–Crippen LogP) is 2.96. The summed E-state index contributed by atoms with van der Waals surface area (Å²) in [4.78, 5) is 38.0. The molecule has 0 amide bonds. The van der Waals surface area contributed by atoms with Crippen molar-refractivity contribution in [2.24, 2.45) is 0 Å². The number of aromatic amines is 2. The first kappa shape index (κ1) is 16.0. The number of benzene rings is 2. The highest BCUT2D eigenvalue weighted by Crippen LogP contribution is 2.26. The lowest BCUT2D eigenvalue weighted by Gasteiger charge is -2.09. The topological polar surface area (TPSA) is 91.5 Å². The van der Waals surface area contributed by atoms with Crippen LogP contribution in [0.5, 0.6) is 0 Å². The third-order valence-electron chi connectivity index (χ3n) is 4.23. The van der Waals surface area contributed by atoms with E-state index in [1.54, 1.807) is 0 Å². The Balaban J connectivity index is 2.07. The van der Waals surface area contributed by atoms with Crippen molar-refractivity contribution in [1.82, 2.24) is 19.9 Å². The normalized spacial score (nSPS) is 11.0. The molecule has 0 radical (unpaired) electrons. The molecule has 0 atom stereocenters. The minimum absolute atomic E-state index is 0.222. The van der Waals surface area contributed by atoms with Crippen LogP contribution in [0.1, 0.15) is 11.1 Å². The summed E-state index contributed by atoms with van der Waals surface area (Å²) in [5.41, 5.74) is 3.44. The van der Waals surface area contributed by atoms with E-state index in [1.807, 2.05) is 62.4 Å². The largest absolute Gasteiger partial charge is 0.327 e. The molecule has 0 aliphatic rings. The van der Waals surface area contributed by atoms with Crippen molar-refractivity contribution in [2.75, 3.05) is 0 Å². The zero-order chi connectivity index (χ0) is 18.3. The standard InChI is InChI=1S/C20H16N4O2/c1-11-3-7-13(8-4-11)16-15-18(23-20(26)24-19(15)25)22-17(21-16)14-9-5-12(2)6-10-14/h3-10H,1-2H3,(H2,21,22,23,24,25,26). The van der Waals surface area contributed by atoms with E-state index in [0.29, 0.717) is 11.5 Å². The van der Waals surface area contributed by atoms with Crippen molar-refractivity contribution >= 4 is 11.0 Å². The van der Waals surface area contributed by atoms with Gasteiger partial charge >= 0.3 is 5.69 Å². The fourth-order valence-electron chi connectivity index (χ4n) is 2.82. The SMILES string of the molecule is Cc1ccc(-c2nc(-c3ccc(C)cc3)c3c(=O)[nH]c(=O)[nH]c3n2)cc1. The molecule has 26 heavy (non-hydrogen) atoms. The molecule has 128 valence electrons. The fourth-order valence-corrected chi connectivity index (χ4v) is 2.82. The molecule has 0 aliphatic carbocycles. The van der Waals surface area contributed by atoms with Crippen LogP contribution in [-0.2, 0) is 0 Å². The summed E-state index contributed by atoms with van der Waals surface area (Å²) in [6.45, 7) is 3.99. The van der Waals surface area contributed by atoms with Crippen LogP contribution in [0.25, 0.3) is 33.7 Å². The number of nitrogens with zero attached hydrogens (tertiary/aromatic N) is 2. The molecular weight excluding hydrogens is 328 g/mol. The molecular formula is C20H16N4O2. The first-order valence-electron chi connectivity index (χ1n) is 8.20. The summed E-state index contributed by atoms with van der Waals surface area (Å²) in [6.07, 6.45) is 0. The molecule has 0 spiro atoms. The number of rotatable bonds is 2. The van der Waals surface area contributed by atoms with Crippen LogP contribution in [0.3, 0.4) is 0 Å². The first-order chi connectivity index (χ1) is 12.5. The average molecular weight is 344 g/mol. The summed E-state index contributed by atoms with van der Waals surface area (Å²) in [5.74, 6) is 0.453. The van der Waals surface area contributed by atoms with Gasteiger partial charge in [0.2, 0.25) is 0 Å². The summed E-state index contributed by atoms with van der Waals surface area (Å²) < 4.78 is 0. The van der Waals surface area contributed by atoms with Crippen molar-refractivity contribution in [3.63, 3.8) is 0 Å². The molecule has 0 fully saturated rings. The van der Waals surface area contributed by atoms with Crippen molar-refractivity contribution in [2.45, 2.75) is 13.8 Å². The summed E-state index contributed by atoms with van der Waals surface area (Å²) in [7, 11) is 0. The maximum atomic E-state index is 12.4. The Kier molecular flexibility index (Phi) is 3.73. The Morgan fingerprint density at radius 1 is 0.731 bits per heavy atom. The zero-order valence-electron chi connectivity index (χ0n) is 14.3. The molecule has 0 aliphatic heterocycles. The van der Waals surface area contributed by atoms with E-state index < -0.39 is 11.2 Å². The van der Waals surface area contributed by atoms with Gasteiger partial charge in [0.05, 0.1) is 5.69 Å². The highest BCUT2D eigenvalue weighted by Gasteiger charge is 2.15. The molecule has 2 N–H and O–H groups in total. The number of H-pyrrole nitrogens is 2. The summed E-state index contributed by atoms with van der Waals surface area (Å²) >= 11 is 0. The van der Waals surface area contributed by atoms with E-state index in [1.165, 1.54) is 0 Å². The molecule has 2 aromatic carbocycles. The Hall–Kier alpha value is -3.54. The van der Waals surface area contributed by atoms with Gasteiger partial charge in [-0.3, -0.25) is 14.8 Å². The lowest BCUT2D eigenvalue weighted by molar-refractivity contribution is 1.05. The second-order valence-corrected chi connectivity index (χ2v) is 6.26. The smallest absolute Gasteiger partial charge is 0.291 e. The Labute approximate surface area is 148 Å². The summed E-state index contributed by atoms with van der Waals surface area (Å²) in [6, 6.07) is 15.5. The number of hydrogen-bond acceptors (Lipinski definition) is 4. The van der Waals surface area contributed by atoms with Gasteiger partial charge in [0, 0.05) is 11.1 Å². The number of nitrogens with one attached hydrogen (secondary N) is 2. The van der Waals surface area contributed by atoms with Crippen molar-refractivity contribution in [1.29, 1.82) is 0 Å². The molecule has 4 aromatic rings. The molecule has 6 nitrogen and oxygen atoms in total. The van der Waals surface area contributed by atoms with Crippen LogP contribution in [0.2, 0.25) is 0 Å². The number of aryl methyl sites for hydroxylation is 2. The molecule has 0 unspecified atom stereocenters. The van der Waals surface area contributed by atoms with Crippen LogP contribution < -0.4 is 11.2 Å². The minimum Gasteiger partial charge on any atom is -0.291 e. The molecule has 0 saturated carbocycles. The van der Waals surface area contributed by atoms with Gasteiger partial charge in [0.15, 0.2) is 11.5 Å². The van der Waals surface area contributed by atoms with E-state index in [-0.39, 0.29) is 11.0 Å². The lowest BCUT2D eigenvalue weighted by Crippen LogP contribution is -2.23. The molecule has 0 saturated heterocycles. The van der Waals surface area contributed by atoms with E-state index in [9.17, 15) is 9.59 Å². The van der Waals surface area contributed by atoms with Crippen LogP contribution in [0.4, 0.5) is 0 Å². The van der Waals surface area contributed by atoms with Gasteiger partial charge in [-0.25, -0.2) is 14.8 Å². The van der Waals surface area contributed by atoms with E-state index in [2.05, 4.69) is 19.9 Å². The van der Waals surface area contributed by atoms with Gasteiger partial charge in [-0.05, 0) is 13.8 Å². The van der Waals surface area contributed by atoms with Crippen molar-refractivity contribution < 1.29 is 0 Å². The first-order valence-corrected chi connectivity index (χ1v) is 8.20. The van der Waals surface area contributed by atoms with Crippen LogP contribution in [-0.4, -0.2) is 19.9 Å². The van der Waals surface area contributed by atoms with Crippen LogP contribution >= 0.6 is 0 Å². The second-order valence-electron chi connectivity index (χ2n) is 6.26. The zero-order valence-corrected chi connectivity index (χ0v) is 14.3. The molecule has 6 heteroatoms.